The van der Waals surface area contributed by atoms with Crippen LogP contribution in [0.1, 0.15) is 18.5 Å². The van der Waals surface area contributed by atoms with Gasteiger partial charge in [-0.1, -0.05) is 0 Å². The zero-order chi connectivity index (χ0) is 19.7. The van der Waals surface area contributed by atoms with E-state index in [1.807, 2.05) is 0 Å². The molecule has 0 radical (unpaired) electrons. The number of anilines is 1. The standard InChI is InChI=1S/C17H14F5N3O2/c1-8-5-23-6-10(24-8)25-4-2-3-9(7-25)17(26)27-16-14(21)12(19)11(18)13(20)15(16)22/h5-6,9H,2-4,7H2,1H3/t9-/m0/s1. The van der Waals surface area contributed by atoms with E-state index < -0.39 is 46.7 Å². The summed E-state index contributed by atoms with van der Waals surface area (Å²) in [6.45, 7) is 2.44. The molecule has 2 heterocycles. The first-order chi connectivity index (χ1) is 12.8. The third-order valence-electron chi connectivity index (χ3n) is 4.19. The average Bonchev–Trinajstić information content (AvgIpc) is 2.68. The van der Waals surface area contributed by atoms with Crippen LogP contribution in [-0.4, -0.2) is 29.0 Å². The van der Waals surface area contributed by atoms with Gasteiger partial charge in [0.2, 0.25) is 34.8 Å². The van der Waals surface area contributed by atoms with Gasteiger partial charge in [-0.15, -0.1) is 0 Å². The molecule has 0 amide bonds. The Balaban J connectivity index is 1.79. The van der Waals surface area contributed by atoms with Gasteiger partial charge < -0.3 is 9.64 Å². The first kappa shape index (κ1) is 19.0. The summed E-state index contributed by atoms with van der Waals surface area (Å²) in [5.74, 6) is -14.0. The summed E-state index contributed by atoms with van der Waals surface area (Å²) < 4.78 is 71.5. The minimum absolute atomic E-state index is 0.117. The highest BCUT2D eigenvalue weighted by atomic mass is 19.2. The van der Waals surface area contributed by atoms with E-state index in [-0.39, 0.29) is 6.54 Å². The zero-order valence-corrected chi connectivity index (χ0v) is 14.1. The second kappa shape index (κ2) is 7.45. The summed E-state index contributed by atoms with van der Waals surface area (Å²) in [6, 6.07) is 0. The van der Waals surface area contributed by atoms with Crippen LogP contribution in [0.3, 0.4) is 0 Å². The molecule has 10 heteroatoms. The van der Waals surface area contributed by atoms with Gasteiger partial charge in [0.1, 0.15) is 5.82 Å². The minimum atomic E-state index is -2.31. The molecule has 2 aromatic rings. The number of hydrogen-bond acceptors (Lipinski definition) is 5. The van der Waals surface area contributed by atoms with Gasteiger partial charge in [-0.05, 0) is 19.8 Å². The van der Waals surface area contributed by atoms with Crippen molar-refractivity contribution in [3.05, 3.63) is 47.2 Å². The van der Waals surface area contributed by atoms with Crippen molar-refractivity contribution in [1.82, 2.24) is 9.97 Å². The largest absolute Gasteiger partial charge is 0.420 e. The Hall–Kier alpha value is -2.78. The predicted octanol–water partition coefficient (Wildman–Crippen LogP) is 3.30. The van der Waals surface area contributed by atoms with Crippen molar-refractivity contribution in [2.24, 2.45) is 5.92 Å². The van der Waals surface area contributed by atoms with E-state index in [1.54, 1.807) is 18.0 Å². The molecule has 0 N–H and O–H groups in total. The highest BCUT2D eigenvalue weighted by Gasteiger charge is 2.33. The highest BCUT2D eigenvalue weighted by molar-refractivity contribution is 5.76. The van der Waals surface area contributed by atoms with Crippen LogP contribution in [0.2, 0.25) is 0 Å². The molecule has 144 valence electrons. The number of piperidine rings is 1. The van der Waals surface area contributed by atoms with Crippen molar-refractivity contribution in [3.63, 3.8) is 0 Å². The van der Waals surface area contributed by atoms with Crippen LogP contribution in [0, 0.1) is 41.9 Å². The molecule has 1 aliphatic heterocycles. The van der Waals surface area contributed by atoms with Gasteiger partial charge in [0.15, 0.2) is 0 Å². The van der Waals surface area contributed by atoms with Gasteiger partial charge in [0.25, 0.3) is 0 Å². The van der Waals surface area contributed by atoms with Gasteiger partial charge in [0.05, 0.1) is 17.8 Å². The number of carbonyl (C=O) groups is 1. The summed E-state index contributed by atoms with van der Waals surface area (Å²) in [5, 5.41) is 0. The fraction of sp³-hybridized carbons (Fsp3) is 0.353. The van der Waals surface area contributed by atoms with Crippen LogP contribution in [0.15, 0.2) is 12.4 Å². The van der Waals surface area contributed by atoms with Crippen molar-refractivity contribution < 1.29 is 31.5 Å². The summed E-state index contributed by atoms with van der Waals surface area (Å²) in [4.78, 5) is 22.3. The van der Waals surface area contributed by atoms with Crippen molar-refractivity contribution in [3.8, 4) is 5.75 Å². The monoisotopic (exact) mass is 387 g/mol. The molecule has 0 bridgehead atoms. The normalized spacial score (nSPS) is 17.1. The van der Waals surface area contributed by atoms with Crippen LogP contribution in [-0.2, 0) is 4.79 Å². The number of ether oxygens (including phenoxy) is 1. The zero-order valence-electron chi connectivity index (χ0n) is 14.1. The number of aromatic nitrogens is 2. The number of nitrogens with zero attached hydrogens (tertiary/aromatic N) is 3. The van der Waals surface area contributed by atoms with E-state index in [4.69, 9.17) is 0 Å². The van der Waals surface area contributed by atoms with Gasteiger partial charge in [0, 0.05) is 19.3 Å². The van der Waals surface area contributed by atoms with E-state index in [9.17, 15) is 26.7 Å². The summed E-state index contributed by atoms with van der Waals surface area (Å²) in [7, 11) is 0. The smallest absolute Gasteiger partial charge is 0.316 e. The molecule has 0 unspecified atom stereocenters. The topological polar surface area (TPSA) is 55.3 Å². The predicted molar refractivity (Wildman–Crippen MR) is 83.6 cm³/mol. The summed E-state index contributed by atoms with van der Waals surface area (Å²) >= 11 is 0. The number of benzene rings is 1. The van der Waals surface area contributed by atoms with Crippen LogP contribution in [0.5, 0.6) is 5.75 Å². The lowest BCUT2D eigenvalue weighted by Crippen LogP contribution is -2.40. The fourth-order valence-corrected chi connectivity index (χ4v) is 2.84. The lowest BCUT2D eigenvalue weighted by Gasteiger charge is -2.32. The highest BCUT2D eigenvalue weighted by Crippen LogP contribution is 2.31. The maximum absolute atomic E-state index is 13.7. The van der Waals surface area contributed by atoms with Crippen molar-refractivity contribution in [2.75, 3.05) is 18.0 Å². The maximum Gasteiger partial charge on any atom is 0.316 e. The van der Waals surface area contributed by atoms with Gasteiger partial charge in [-0.25, -0.2) is 18.2 Å². The number of aryl methyl sites for hydroxylation is 1. The van der Waals surface area contributed by atoms with Crippen LogP contribution in [0.4, 0.5) is 27.8 Å². The van der Waals surface area contributed by atoms with E-state index in [0.29, 0.717) is 30.9 Å². The third kappa shape index (κ3) is 3.69. The lowest BCUT2D eigenvalue weighted by molar-refractivity contribution is -0.139. The third-order valence-corrected chi connectivity index (χ3v) is 4.19. The molecule has 1 saturated heterocycles. The number of esters is 1. The molecule has 1 fully saturated rings. The Labute approximate surface area is 150 Å². The molecular weight excluding hydrogens is 373 g/mol. The fourth-order valence-electron chi connectivity index (χ4n) is 2.84. The first-order valence-corrected chi connectivity index (χ1v) is 8.06. The number of halogens is 5. The number of hydrogen-bond donors (Lipinski definition) is 0. The Bertz CT molecular complexity index is 864. The average molecular weight is 387 g/mol. The lowest BCUT2D eigenvalue weighted by atomic mass is 9.98. The van der Waals surface area contributed by atoms with Crippen LogP contribution < -0.4 is 9.64 Å². The van der Waals surface area contributed by atoms with Gasteiger partial charge in [-0.2, -0.15) is 8.78 Å². The Morgan fingerprint density at radius 1 is 1.07 bits per heavy atom. The van der Waals surface area contributed by atoms with E-state index in [0.717, 1.165) is 0 Å². The summed E-state index contributed by atoms with van der Waals surface area (Å²) in [5.41, 5.74) is 0.665. The molecule has 1 aromatic heterocycles. The quantitative estimate of drug-likeness (QED) is 0.266. The Morgan fingerprint density at radius 2 is 1.70 bits per heavy atom. The van der Waals surface area contributed by atoms with E-state index >= 15 is 0 Å². The molecule has 3 rings (SSSR count). The van der Waals surface area contributed by atoms with E-state index in [1.165, 1.54) is 6.20 Å². The Morgan fingerprint density at radius 3 is 2.33 bits per heavy atom. The van der Waals surface area contributed by atoms with Crippen molar-refractivity contribution in [2.45, 2.75) is 19.8 Å². The van der Waals surface area contributed by atoms with Crippen molar-refractivity contribution in [1.29, 1.82) is 0 Å². The van der Waals surface area contributed by atoms with Gasteiger partial charge >= 0.3 is 5.97 Å². The molecule has 1 atom stereocenters. The SMILES string of the molecule is Cc1cncc(N2CCC[C@H](C(=O)Oc3c(F)c(F)c(F)c(F)c3F)C2)n1. The Kier molecular flexibility index (Phi) is 5.24. The molecular formula is C17H14F5N3O2. The number of rotatable bonds is 3. The molecule has 0 saturated carbocycles. The van der Waals surface area contributed by atoms with E-state index in [2.05, 4.69) is 14.7 Å². The molecule has 0 spiro atoms. The van der Waals surface area contributed by atoms with Crippen molar-refractivity contribution >= 4 is 11.8 Å². The summed E-state index contributed by atoms with van der Waals surface area (Å²) in [6.07, 6.45) is 3.95. The minimum Gasteiger partial charge on any atom is -0.420 e. The molecule has 1 aromatic carbocycles. The molecule has 0 aliphatic carbocycles. The number of carbonyl (C=O) groups excluding carboxylic acids is 1. The van der Waals surface area contributed by atoms with Gasteiger partial charge in [-0.3, -0.25) is 9.78 Å². The second-order valence-electron chi connectivity index (χ2n) is 6.12. The first-order valence-electron chi connectivity index (χ1n) is 8.06. The molecule has 1 aliphatic rings. The van der Waals surface area contributed by atoms with Crippen LogP contribution in [0.25, 0.3) is 0 Å². The second-order valence-corrected chi connectivity index (χ2v) is 6.12. The molecule has 27 heavy (non-hydrogen) atoms. The maximum atomic E-state index is 13.7. The molecule has 5 nitrogen and oxygen atoms in total. The van der Waals surface area contributed by atoms with Crippen LogP contribution >= 0.6 is 0 Å².